The second-order valence-electron chi connectivity index (χ2n) is 7.67. The molecule has 0 saturated carbocycles. The average Bonchev–Trinajstić information content (AvgIpc) is 3.23. The Hall–Kier alpha value is -4.00. The maximum atomic E-state index is 15.3. The average molecular weight is 432 g/mol. The summed E-state index contributed by atoms with van der Waals surface area (Å²) < 4.78 is 15.3. The number of hydrogen-bond donors (Lipinski definition) is 2. The lowest BCUT2D eigenvalue weighted by Gasteiger charge is -2.06. The largest absolute Gasteiger partial charge is 0.477 e. The number of unbranched alkanes of at least 4 members (excludes halogenated alkanes) is 1. The van der Waals surface area contributed by atoms with E-state index in [4.69, 9.17) is 5.11 Å². The highest BCUT2D eigenvalue weighted by Crippen LogP contribution is 2.33. The highest BCUT2D eigenvalue weighted by Gasteiger charge is 2.21. The minimum Gasteiger partial charge on any atom is -0.477 e. The lowest BCUT2D eigenvalue weighted by atomic mass is 10.0. The number of carbonyl (C=O) groups is 1. The summed E-state index contributed by atoms with van der Waals surface area (Å²) in [6, 6.07) is 16.9. The number of fused-ring (bicyclic) bond motifs is 1. The maximum Gasteiger partial charge on any atom is 0.342 e. The first-order chi connectivity index (χ1) is 15.4. The van der Waals surface area contributed by atoms with Gasteiger partial charge in [-0.05, 0) is 36.1 Å². The number of aromatic nitrogens is 1. The zero-order valence-electron chi connectivity index (χ0n) is 17.4. The molecule has 32 heavy (non-hydrogen) atoms. The van der Waals surface area contributed by atoms with Crippen molar-refractivity contribution in [2.24, 2.45) is 0 Å². The molecule has 0 spiro atoms. The van der Waals surface area contributed by atoms with E-state index in [0.29, 0.717) is 22.2 Å². The van der Waals surface area contributed by atoms with E-state index in [9.17, 15) is 14.9 Å². The third-order valence-electron chi connectivity index (χ3n) is 5.55. The third-order valence-corrected chi connectivity index (χ3v) is 5.55. The lowest BCUT2D eigenvalue weighted by molar-refractivity contribution is -0.385. The number of halogens is 1. The SMILES string of the molecule is CCCCc1ccc(-c2ccc3cc(-c4ccc(C(=O)O)c([N+](=O)[O-])c4)[nH]c3c2F)cc1. The van der Waals surface area contributed by atoms with Gasteiger partial charge in [-0.2, -0.15) is 0 Å². The van der Waals surface area contributed by atoms with Gasteiger partial charge in [-0.1, -0.05) is 55.8 Å². The fraction of sp³-hybridized carbons (Fsp3) is 0.160. The number of aromatic carboxylic acids is 1. The molecule has 0 amide bonds. The zero-order chi connectivity index (χ0) is 22.8. The van der Waals surface area contributed by atoms with E-state index in [1.807, 2.05) is 24.3 Å². The van der Waals surface area contributed by atoms with Gasteiger partial charge in [0.05, 0.1) is 10.4 Å². The Balaban J connectivity index is 1.73. The monoisotopic (exact) mass is 432 g/mol. The number of nitrogens with one attached hydrogen (secondary N) is 1. The molecule has 0 atom stereocenters. The van der Waals surface area contributed by atoms with Gasteiger partial charge in [-0.25, -0.2) is 9.18 Å². The molecule has 4 rings (SSSR count). The number of aromatic amines is 1. The van der Waals surface area contributed by atoms with Crippen LogP contribution in [0.1, 0.15) is 35.7 Å². The van der Waals surface area contributed by atoms with Crippen LogP contribution in [0.4, 0.5) is 10.1 Å². The lowest BCUT2D eigenvalue weighted by Crippen LogP contribution is -2.02. The Morgan fingerprint density at radius 2 is 1.78 bits per heavy atom. The van der Waals surface area contributed by atoms with Crippen molar-refractivity contribution in [1.82, 2.24) is 4.98 Å². The highest BCUT2D eigenvalue weighted by molar-refractivity contribution is 5.94. The molecule has 4 aromatic rings. The van der Waals surface area contributed by atoms with Gasteiger partial charge >= 0.3 is 5.97 Å². The van der Waals surface area contributed by atoms with Crippen molar-refractivity contribution in [3.05, 3.63) is 87.7 Å². The molecule has 6 nitrogen and oxygen atoms in total. The van der Waals surface area contributed by atoms with Crippen LogP contribution in [0.15, 0.2) is 60.7 Å². The number of carboxylic acid groups (broad SMARTS) is 1. The van der Waals surface area contributed by atoms with Crippen LogP contribution in [0.25, 0.3) is 33.3 Å². The summed E-state index contributed by atoms with van der Waals surface area (Å²) in [7, 11) is 0. The van der Waals surface area contributed by atoms with Gasteiger partial charge < -0.3 is 10.1 Å². The minimum absolute atomic E-state index is 0.289. The smallest absolute Gasteiger partial charge is 0.342 e. The molecule has 1 aromatic heterocycles. The van der Waals surface area contributed by atoms with Crippen molar-refractivity contribution in [2.45, 2.75) is 26.2 Å². The molecule has 0 saturated heterocycles. The number of rotatable bonds is 7. The van der Waals surface area contributed by atoms with Crippen molar-refractivity contribution >= 4 is 22.6 Å². The van der Waals surface area contributed by atoms with E-state index in [1.54, 1.807) is 18.2 Å². The predicted octanol–water partition coefficient (Wildman–Crippen LogP) is 6.59. The fourth-order valence-electron chi connectivity index (χ4n) is 3.81. The molecule has 1 heterocycles. The number of nitrogens with zero attached hydrogens (tertiary/aromatic N) is 1. The molecule has 0 bridgehead atoms. The summed E-state index contributed by atoms with van der Waals surface area (Å²) in [6.07, 6.45) is 3.21. The number of hydrogen-bond acceptors (Lipinski definition) is 3. The Bertz CT molecular complexity index is 1330. The first kappa shape index (κ1) is 21.2. The number of nitro groups is 1. The first-order valence-electron chi connectivity index (χ1n) is 10.3. The first-order valence-corrected chi connectivity index (χ1v) is 10.3. The van der Waals surface area contributed by atoms with Crippen LogP contribution < -0.4 is 0 Å². The molecule has 0 aliphatic heterocycles. The number of benzene rings is 3. The van der Waals surface area contributed by atoms with Crippen molar-refractivity contribution in [2.75, 3.05) is 0 Å². The zero-order valence-corrected chi connectivity index (χ0v) is 17.4. The molecule has 0 aliphatic carbocycles. The van der Waals surface area contributed by atoms with Crippen LogP contribution in [0.3, 0.4) is 0 Å². The molecule has 162 valence electrons. The quantitative estimate of drug-likeness (QED) is 0.254. The molecule has 2 N–H and O–H groups in total. The van der Waals surface area contributed by atoms with Crippen LogP contribution in [-0.2, 0) is 6.42 Å². The van der Waals surface area contributed by atoms with Gasteiger partial charge in [0.2, 0.25) is 0 Å². The molecule has 7 heteroatoms. The molecule has 3 aromatic carbocycles. The van der Waals surface area contributed by atoms with E-state index in [-0.39, 0.29) is 5.52 Å². The maximum absolute atomic E-state index is 15.3. The minimum atomic E-state index is -1.38. The van der Waals surface area contributed by atoms with Crippen LogP contribution in [0, 0.1) is 15.9 Å². The number of H-pyrrole nitrogens is 1. The normalized spacial score (nSPS) is 11.1. The van der Waals surface area contributed by atoms with Gasteiger partial charge in [0.25, 0.3) is 5.69 Å². The van der Waals surface area contributed by atoms with Gasteiger partial charge in [0, 0.05) is 28.3 Å². The van der Waals surface area contributed by atoms with E-state index in [1.165, 1.54) is 23.8 Å². The van der Waals surface area contributed by atoms with Gasteiger partial charge in [-0.15, -0.1) is 0 Å². The summed E-state index contributed by atoms with van der Waals surface area (Å²) in [5, 5.41) is 21.1. The Kier molecular flexibility index (Phi) is 5.73. The van der Waals surface area contributed by atoms with Crippen LogP contribution >= 0.6 is 0 Å². The van der Waals surface area contributed by atoms with E-state index in [2.05, 4.69) is 11.9 Å². The summed E-state index contributed by atoms with van der Waals surface area (Å²) in [5.74, 6) is -1.79. The van der Waals surface area contributed by atoms with Crippen molar-refractivity contribution < 1.29 is 19.2 Å². The predicted molar refractivity (Wildman–Crippen MR) is 121 cm³/mol. The van der Waals surface area contributed by atoms with E-state index < -0.39 is 28.0 Å². The van der Waals surface area contributed by atoms with Gasteiger partial charge in [-0.3, -0.25) is 10.1 Å². The van der Waals surface area contributed by atoms with Crippen molar-refractivity contribution in [1.29, 1.82) is 0 Å². The fourth-order valence-corrected chi connectivity index (χ4v) is 3.81. The summed E-state index contributed by atoms with van der Waals surface area (Å²) in [6.45, 7) is 2.14. The van der Waals surface area contributed by atoms with Gasteiger partial charge in [0.1, 0.15) is 5.56 Å². The van der Waals surface area contributed by atoms with E-state index in [0.717, 1.165) is 24.8 Å². The Morgan fingerprint density at radius 1 is 1.06 bits per heavy atom. The highest BCUT2D eigenvalue weighted by atomic mass is 19.1. The third kappa shape index (κ3) is 3.97. The van der Waals surface area contributed by atoms with Crippen molar-refractivity contribution in [3.8, 4) is 22.4 Å². The standard InChI is InChI=1S/C25H21FN2O4/c1-2-3-4-15-5-7-16(8-6-15)19-11-10-18-13-21(27-24(18)23(19)26)17-9-12-20(25(29)30)22(14-17)28(31)32/h5-14,27H,2-4H2,1H3,(H,29,30). The Morgan fingerprint density at radius 3 is 2.44 bits per heavy atom. The molecule has 0 fully saturated rings. The number of aryl methyl sites for hydroxylation is 1. The van der Waals surface area contributed by atoms with Crippen LogP contribution in [0.2, 0.25) is 0 Å². The molecule has 0 radical (unpaired) electrons. The molecule has 0 unspecified atom stereocenters. The van der Waals surface area contributed by atoms with Crippen molar-refractivity contribution in [3.63, 3.8) is 0 Å². The summed E-state index contributed by atoms with van der Waals surface area (Å²) in [5.41, 5.74) is 2.68. The van der Waals surface area contributed by atoms with Gasteiger partial charge in [0.15, 0.2) is 5.82 Å². The van der Waals surface area contributed by atoms with Crippen LogP contribution in [-0.4, -0.2) is 21.0 Å². The summed E-state index contributed by atoms with van der Waals surface area (Å²) >= 11 is 0. The second-order valence-corrected chi connectivity index (χ2v) is 7.67. The number of carboxylic acids is 1. The topological polar surface area (TPSA) is 96.2 Å². The Labute approximate surface area is 183 Å². The summed E-state index contributed by atoms with van der Waals surface area (Å²) in [4.78, 5) is 24.8. The van der Waals surface area contributed by atoms with E-state index >= 15 is 4.39 Å². The molecular weight excluding hydrogens is 411 g/mol. The number of nitro benzene ring substituents is 1. The van der Waals surface area contributed by atoms with Crippen LogP contribution in [0.5, 0.6) is 0 Å². The second kappa shape index (κ2) is 8.63. The molecular formula is C25H21FN2O4. The molecule has 0 aliphatic rings.